The van der Waals surface area contributed by atoms with Gasteiger partial charge in [-0.05, 0) is 132 Å². The first-order valence-electron chi connectivity index (χ1n) is 20.6. The third-order valence-electron chi connectivity index (χ3n) is 12.6. The van der Waals surface area contributed by atoms with Crippen molar-refractivity contribution in [2.45, 2.75) is 85.5 Å². The summed E-state index contributed by atoms with van der Waals surface area (Å²) in [5.41, 5.74) is 14.9. The summed E-state index contributed by atoms with van der Waals surface area (Å²) in [5, 5.41) is 13.9. The molecule has 1 N–H and O–H groups in total. The van der Waals surface area contributed by atoms with Gasteiger partial charge < -0.3 is 9.52 Å². The summed E-state index contributed by atoms with van der Waals surface area (Å²) in [4.78, 5) is 0. The number of nitrogens with zero attached hydrogens (tertiary/aromatic N) is 2. The van der Waals surface area contributed by atoms with Gasteiger partial charge in [0, 0.05) is 23.3 Å². The lowest BCUT2D eigenvalue weighted by atomic mass is 9.71. The average Bonchev–Trinajstić information content (AvgIpc) is 3.70. The predicted molar refractivity (Wildman–Crippen MR) is 233 cm³/mol. The molecule has 56 heavy (non-hydrogen) atoms. The first kappa shape index (κ1) is 34.8. The van der Waals surface area contributed by atoms with Crippen LogP contribution in [-0.2, 0) is 12.5 Å². The lowest BCUT2D eigenvalue weighted by Crippen LogP contribution is -2.31. The van der Waals surface area contributed by atoms with E-state index in [-0.39, 0.29) is 11.2 Å². The first-order valence-corrected chi connectivity index (χ1v) is 20.1. The van der Waals surface area contributed by atoms with Gasteiger partial charge in [0.1, 0.15) is 22.6 Å². The molecular formula is C52H53N2O2+. The second-order valence-electron chi connectivity index (χ2n) is 17.9. The smallest absolute Gasteiger partial charge is 0.295 e. The fourth-order valence-electron chi connectivity index (χ4n) is 9.26. The molecule has 0 radical (unpaired) electrons. The largest absolute Gasteiger partial charge is 0.507 e. The molecule has 1 aliphatic rings. The van der Waals surface area contributed by atoms with Crippen LogP contribution in [0, 0.1) is 19.3 Å². The number of aryl methyl sites for hydroxylation is 2. The van der Waals surface area contributed by atoms with Crippen molar-refractivity contribution < 1.29 is 15.5 Å². The second-order valence-corrected chi connectivity index (χ2v) is 17.9. The molecule has 0 bridgehead atoms. The number of aromatic hydroxyl groups is 1. The molecule has 4 heteroatoms. The Morgan fingerprint density at radius 2 is 1.46 bits per heavy atom. The molecule has 282 valence electrons. The summed E-state index contributed by atoms with van der Waals surface area (Å²) >= 11 is 0. The number of imidazole rings is 1. The summed E-state index contributed by atoms with van der Waals surface area (Å²) < 4.78 is 20.4. The van der Waals surface area contributed by atoms with Crippen LogP contribution in [0.25, 0.3) is 72.3 Å². The molecule has 2 aromatic heterocycles. The Morgan fingerprint density at radius 1 is 0.768 bits per heavy atom. The van der Waals surface area contributed by atoms with E-state index in [0.29, 0.717) is 5.41 Å². The number of phenols is 1. The summed E-state index contributed by atoms with van der Waals surface area (Å²) in [5.74, 6) is 0.776. The Kier molecular flexibility index (Phi) is 8.25. The van der Waals surface area contributed by atoms with E-state index >= 15 is 0 Å². The third kappa shape index (κ3) is 6.02. The lowest BCUT2D eigenvalue weighted by molar-refractivity contribution is -0.633. The van der Waals surface area contributed by atoms with E-state index in [0.717, 1.165) is 103 Å². The van der Waals surface area contributed by atoms with E-state index in [1.165, 1.54) is 16.8 Å². The van der Waals surface area contributed by atoms with E-state index in [2.05, 4.69) is 168 Å². The van der Waals surface area contributed by atoms with Crippen molar-refractivity contribution in [1.29, 1.82) is 0 Å². The zero-order chi connectivity index (χ0) is 40.0. The molecule has 2 heterocycles. The number of benzene rings is 6. The van der Waals surface area contributed by atoms with Gasteiger partial charge in [0.05, 0.1) is 12.6 Å². The fraction of sp³-hybridized carbons (Fsp3) is 0.288. The van der Waals surface area contributed by atoms with Gasteiger partial charge in [-0.2, -0.15) is 4.57 Å². The highest BCUT2D eigenvalue weighted by Gasteiger charge is 2.33. The molecule has 1 saturated carbocycles. The number of aromatic nitrogens is 2. The van der Waals surface area contributed by atoms with Crippen LogP contribution in [0.3, 0.4) is 0 Å². The van der Waals surface area contributed by atoms with Crippen molar-refractivity contribution in [1.82, 2.24) is 4.57 Å². The molecule has 0 unspecified atom stereocenters. The van der Waals surface area contributed by atoms with Crippen LogP contribution in [0.1, 0.15) is 89.8 Å². The molecule has 0 spiro atoms. The maximum atomic E-state index is 11.8. The Bertz CT molecular complexity index is 2870. The van der Waals surface area contributed by atoms with E-state index in [1.807, 2.05) is 12.1 Å². The van der Waals surface area contributed by atoms with Gasteiger partial charge in [-0.15, -0.1) is 0 Å². The minimum atomic E-state index is -0.572. The summed E-state index contributed by atoms with van der Waals surface area (Å²) in [7, 11) is 2.16. The number of hydrogen-bond donors (Lipinski definition) is 1. The standard InChI is InChI=1S/C52H52N2O2/c1-32-17-21-38(33(2)49(32)50-53(8)44-15-11-12-16-45(44)54(50)43-14-10-9-13-42(43)51(3,4)5)39-22-18-36(30-46(39)55)35-20-24-47-41(29-35)40-23-19-37(31-48(40)56-47)34-25-27-52(6,7)28-26-34/h9-24,29-31,34H,25-28H2,1-8H3/p+1/i34D. The van der Waals surface area contributed by atoms with Crippen molar-refractivity contribution in [2.75, 3.05) is 0 Å². The molecule has 1 fully saturated rings. The minimum Gasteiger partial charge on any atom is -0.507 e. The maximum absolute atomic E-state index is 11.8. The normalized spacial score (nSPS) is 15.8. The van der Waals surface area contributed by atoms with Crippen molar-refractivity contribution in [3.8, 4) is 45.1 Å². The molecule has 1 aliphatic carbocycles. The van der Waals surface area contributed by atoms with Gasteiger partial charge in [0.15, 0.2) is 11.0 Å². The Hall–Kier alpha value is -5.61. The van der Waals surface area contributed by atoms with Gasteiger partial charge in [-0.1, -0.05) is 107 Å². The van der Waals surface area contributed by atoms with E-state index in [9.17, 15) is 6.48 Å². The number of furan rings is 1. The highest BCUT2D eigenvalue weighted by atomic mass is 16.3. The van der Waals surface area contributed by atoms with Gasteiger partial charge in [0.25, 0.3) is 5.82 Å². The number of phenolic OH excluding ortho intramolecular Hbond substituents is 1. The van der Waals surface area contributed by atoms with Crippen molar-refractivity contribution in [3.05, 3.63) is 138 Å². The zero-order valence-corrected chi connectivity index (χ0v) is 34.0. The maximum Gasteiger partial charge on any atom is 0.295 e. The predicted octanol–water partition coefficient (Wildman–Crippen LogP) is 13.7. The van der Waals surface area contributed by atoms with Crippen LogP contribution >= 0.6 is 0 Å². The number of hydrogen-bond acceptors (Lipinski definition) is 2. The SMILES string of the molecule is [2H]C1(c2ccc3c(c2)oc2ccc(-c4ccc(-c5ccc(C)c(-c6n(-c7ccccc7C(C)(C)C)c7ccccc7[n+]6C)c5C)c(O)c4)cc23)CCC(C)(C)CC1. The van der Waals surface area contributed by atoms with Gasteiger partial charge in [-0.25, -0.2) is 4.57 Å². The zero-order valence-electron chi connectivity index (χ0n) is 35.0. The molecule has 6 aromatic carbocycles. The minimum absolute atomic E-state index is 0.0614. The number of para-hydroxylation sites is 3. The lowest BCUT2D eigenvalue weighted by Gasteiger charge is -2.34. The van der Waals surface area contributed by atoms with Crippen molar-refractivity contribution >= 4 is 33.0 Å². The second kappa shape index (κ2) is 13.3. The molecule has 0 aliphatic heterocycles. The average molecular weight is 739 g/mol. The highest BCUT2D eigenvalue weighted by Crippen LogP contribution is 2.45. The quantitative estimate of drug-likeness (QED) is 0.179. The van der Waals surface area contributed by atoms with Crippen molar-refractivity contribution in [3.63, 3.8) is 0 Å². The van der Waals surface area contributed by atoms with Crippen LogP contribution in [0.4, 0.5) is 0 Å². The van der Waals surface area contributed by atoms with E-state index in [4.69, 9.17) is 4.42 Å². The Balaban J connectivity index is 1.11. The molecule has 4 nitrogen and oxygen atoms in total. The van der Waals surface area contributed by atoms with Gasteiger partial charge in [0.2, 0.25) is 0 Å². The van der Waals surface area contributed by atoms with E-state index < -0.39 is 5.89 Å². The van der Waals surface area contributed by atoms with Gasteiger partial charge >= 0.3 is 0 Å². The molecule has 9 rings (SSSR count). The van der Waals surface area contributed by atoms with Crippen molar-refractivity contribution in [2.24, 2.45) is 12.5 Å². The molecular weight excluding hydrogens is 685 g/mol. The monoisotopic (exact) mass is 738 g/mol. The summed E-state index contributed by atoms with van der Waals surface area (Å²) in [6.07, 6.45) is 3.86. The van der Waals surface area contributed by atoms with Crippen LogP contribution in [0.2, 0.25) is 0 Å². The van der Waals surface area contributed by atoms with Gasteiger partial charge in [-0.3, -0.25) is 0 Å². The number of rotatable bonds is 5. The summed E-state index contributed by atoms with van der Waals surface area (Å²) in [6.45, 7) is 15.8. The topological polar surface area (TPSA) is 42.2 Å². The highest BCUT2D eigenvalue weighted by molar-refractivity contribution is 6.06. The molecule has 0 atom stereocenters. The van der Waals surface area contributed by atoms with Crippen LogP contribution in [-0.4, -0.2) is 9.67 Å². The van der Waals surface area contributed by atoms with Crippen LogP contribution < -0.4 is 4.57 Å². The van der Waals surface area contributed by atoms with Crippen LogP contribution in [0.5, 0.6) is 5.75 Å². The number of fused-ring (bicyclic) bond motifs is 4. The first-order chi connectivity index (χ1) is 27.1. The molecule has 0 amide bonds. The molecule has 8 aromatic rings. The summed E-state index contributed by atoms with van der Waals surface area (Å²) in [6, 6.07) is 40.4. The third-order valence-corrected chi connectivity index (χ3v) is 12.6. The Morgan fingerprint density at radius 3 is 2.23 bits per heavy atom. The van der Waals surface area contributed by atoms with Crippen LogP contribution in [0.15, 0.2) is 120 Å². The molecule has 0 saturated heterocycles. The fourth-order valence-corrected chi connectivity index (χ4v) is 9.26. The Labute approximate surface area is 332 Å². The van der Waals surface area contributed by atoms with E-state index in [1.54, 1.807) is 0 Å².